The summed E-state index contributed by atoms with van der Waals surface area (Å²) >= 11 is 0. The van der Waals surface area contributed by atoms with Crippen LogP contribution in [0.2, 0.25) is 0 Å². The minimum Gasteiger partial charge on any atom is -0.490 e. The third-order valence-electron chi connectivity index (χ3n) is 3.57. The summed E-state index contributed by atoms with van der Waals surface area (Å²) in [5.41, 5.74) is 0. The van der Waals surface area contributed by atoms with Crippen LogP contribution >= 0.6 is 0 Å². The molecule has 0 bridgehead atoms. The molecule has 0 unspecified atom stereocenters. The van der Waals surface area contributed by atoms with Crippen LogP contribution in [0.5, 0.6) is 11.5 Å². The van der Waals surface area contributed by atoms with E-state index in [1.54, 1.807) is 0 Å². The van der Waals surface area contributed by atoms with Crippen molar-refractivity contribution in [1.29, 1.82) is 0 Å². The van der Waals surface area contributed by atoms with E-state index >= 15 is 0 Å². The number of Topliss-reactive ketones (excluding diaryl/α,β-unsaturated/α-hetero) is 1. The molecule has 1 aromatic carbocycles. The Morgan fingerprint density at radius 2 is 1.79 bits per heavy atom. The summed E-state index contributed by atoms with van der Waals surface area (Å²) in [5.74, 6) is 2.11. The number of hydrogen-bond donors (Lipinski definition) is 0. The lowest BCUT2D eigenvalue weighted by molar-refractivity contribution is -0.123. The summed E-state index contributed by atoms with van der Waals surface area (Å²) in [6.45, 7) is 3.00. The number of para-hydroxylation sites is 2. The number of benzene rings is 1. The molecule has 0 aliphatic heterocycles. The highest BCUT2D eigenvalue weighted by Gasteiger charge is 2.22. The molecule has 0 amide bonds. The van der Waals surface area contributed by atoms with E-state index in [1.165, 1.54) is 12.8 Å². The quantitative estimate of drug-likeness (QED) is 0.753. The van der Waals surface area contributed by atoms with Crippen LogP contribution in [-0.4, -0.2) is 19.0 Å². The number of carbonyl (C=O) groups is 1. The van der Waals surface area contributed by atoms with Crippen molar-refractivity contribution in [3.63, 3.8) is 0 Å². The molecule has 104 valence electrons. The van der Waals surface area contributed by atoms with Gasteiger partial charge in [0.05, 0.1) is 13.2 Å². The monoisotopic (exact) mass is 262 g/mol. The molecular weight excluding hydrogens is 240 g/mol. The summed E-state index contributed by atoms with van der Waals surface area (Å²) in [4.78, 5) is 11.9. The van der Waals surface area contributed by atoms with Crippen LogP contribution in [0.15, 0.2) is 24.3 Å². The van der Waals surface area contributed by atoms with Crippen LogP contribution < -0.4 is 9.47 Å². The fourth-order valence-corrected chi connectivity index (χ4v) is 2.56. The minimum atomic E-state index is 0.283. The van der Waals surface area contributed by atoms with Crippen LogP contribution in [-0.2, 0) is 4.79 Å². The second-order valence-electron chi connectivity index (χ2n) is 4.93. The molecular formula is C16H22O3. The van der Waals surface area contributed by atoms with Crippen LogP contribution in [0.1, 0.15) is 39.0 Å². The van der Waals surface area contributed by atoms with Gasteiger partial charge in [0.2, 0.25) is 0 Å². The number of ketones is 1. The average Bonchev–Trinajstić information content (AvgIpc) is 2.95. The predicted octanol–water partition coefficient (Wildman–Crippen LogP) is 3.61. The standard InChI is InChI=1S/C16H22O3/c1-2-18-15-9-5-6-10-16(15)19-12-11-14(17)13-7-3-4-8-13/h5-6,9-10,13H,2-4,7-8,11-12H2,1H3. The van der Waals surface area contributed by atoms with Crippen LogP contribution in [0.4, 0.5) is 0 Å². The van der Waals surface area contributed by atoms with E-state index in [1.807, 2.05) is 31.2 Å². The first kappa shape index (κ1) is 13.9. The van der Waals surface area contributed by atoms with Gasteiger partial charge in [0.1, 0.15) is 5.78 Å². The Labute approximate surface area is 114 Å². The molecule has 0 aromatic heterocycles. The molecule has 2 rings (SSSR count). The molecule has 0 saturated heterocycles. The Morgan fingerprint density at radius 3 is 2.42 bits per heavy atom. The van der Waals surface area contributed by atoms with Crippen molar-refractivity contribution in [1.82, 2.24) is 0 Å². The van der Waals surface area contributed by atoms with Crippen molar-refractivity contribution < 1.29 is 14.3 Å². The molecule has 1 saturated carbocycles. The highest BCUT2D eigenvalue weighted by atomic mass is 16.5. The lowest BCUT2D eigenvalue weighted by Crippen LogP contribution is -2.14. The zero-order chi connectivity index (χ0) is 13.5. The number of rotatable bonds is 7. The van der Waals surface area contributed by atoms with Crippen molar-refractivity contribution in [3.8, 4) is 11.5 Å². The van der Waals surface area contributed by atoms with Crippen molar-refractivity contribution in [2.24, 2.45) is 5.92 Å². The maximum Gasteiger partial charge on any atom is 0.161 e. The second kappa shape index (κ2) is 7.17. The molecule has 3 heteroatoms. The van der Waals surface area contributed by atoms with Gasteiger partial charge in [-0.3, -0.25) is 4.79 Å². The average molecular weight is 262 g/mol. The molecule has 0 heterocycles. The number of hydrogen-bond acceptors (Lipinski definition) is 3. The summed E-state index contributed by atoms with van der Waals surface area (Å²) < 4.78 is 11.2. The third kappa shape index (κ3) is 3.98. The van der Waals surface area contributed by atoms with Crippen LogP contribution in [0, 0.1) is 5.92 Å². The molecule has 0 N–H and O–H groups in total. The van der Waals surface area contributed by atoms with Gasteiger partial charge in [0.25, 0.3) is 0 Å². The molecule has 1 fully saturated rings. The van der Waals surface area contributed by atoms with Gasteiger partial charge in [-0.1, -0.05) is 25.0 Å². The van der Waals surface area contributed by atoms with Crippen molar-refractivity contribution in [2.45, 2.75) is 39.0 Å². The smallest absolute Gasteiger partial charge is 0.161 e. The minimum absolute atomic E-state index is 0.283. The summed E-state index contributed by atoms with van der Waals surface area (Å²) in [7, 11) is 0. The second-order valence-corrected chi connectivity index (χ2v) is 4.93. The molecule has 3 nitrogen and oxygen atoms in total. The first-order valence-corrected chi connectivity index (χ1v) is 7.18. The molecule has 0 atom stereocenters. The Hall–Kier alpha value is -1.51. The normalized spacial score (nSPS) is 15.4. The van der Waals surface area contributed by atoms with E-state index in [9.17, 15) is 4.79 Å². The van der Waals surface area contributed by atoms with Crippen LogP contribution in [0.3, 0.4) is 0 Å². The zero-order valence-electron chi connectivity index (χ0n) is 11.6. The lowest BCUT2D eigenvalue weighted by Gasteiger charge is -2.12. The van der Waals surface area contributed by atoms with Gasteiger partial charge in [0.15, 0.2) is 11.5 Å². The first-order chi connectivity index (χ1) is 9.31. The van der Waals surface area contributed by atoms with Crippen molar-refractivity contribution >= 4 is 5.78 Å². The van der Waals surface area contributed by atoms with Gasteiger partial charge in [0, 0.05) is 12.3 Å². The number of ether oxygens (including phenoxy) is 2. The van der Waals surface area contributed by atoms with E-state index in [-0.39, 0.29) is 5.92 Å². The maximum atomic E-state index is 11.9. The Kier molecular flexibility index (Phi) is 5.25. The van der Waals surface area contributed by atoms with Gasteiger partial charge in [-0.05, 0) is 31.9 Å². The van der Waals surface area contributed by atoms with Gasteiger partial charge < -0.3 is 9.47 Å². The van der Waals surface area contributed by atoms with Gasteiger partial charge in [-0.2, -0.15) is 0 Å². The largest absolute Gasteiger partial charge is 0.490 e. The highest BCUT2D eigenvalue weighted by Crippen LogP contribution is 2.28. The molecule has 19 heavy (non-hydrogen) atoms. The van der Waals surface area contributed by atoms with Gasteiger partial charge in [-0.25, -0.2) is 0 Å². The van der Waals surface area contributed by atoms with Crippen molar-refractivity contribution in [3.05, 3.63) is 24.3 Å². The van der Waals surface area contributed by atoms with Gasteiger partial charge in [-0.15, -0.1) is 0 Å². The number of carbonyl (C=O) groups excluding carboxylic acids is 1. The fraction of sp³-hybridized carbons (Fsp3) is 0.562. The van der Waals surface area contributed by atoms with E-state index in [0.717, 1.165) is 24.3 Å². The Balaban J connectivity index is 1.80. The predicted molar refractivity (Wildman–Crippen MR) is 74.7 cm³/mol. The first-order valence-electron chi connectivity index (χ1n) is 7.18. The Morgan fingerprint density at radius 1 is 1.16 bits per heavy atom. The van der Waals surface area contributed by atoms with E-state index in [4.69, 9.17) is 9.47 Å². The molecule has 0 spiro atoms. The summed E-state index contributed by atoms with van der Waals surface area (Å²) in [6, 6.07) is 7.60. The van der Waals surface area contributed by atoms with Gasteiger partial charge >= 0.3 is 0 Å². The topological polar surface area (TPSA) is 35.5 Å². The third-order valence-corrected chi connectivity index (χ3v) is 3.57. The van der Waals surface area contributed by atoms with E-state index < -0.39 is 0 Å². The Bertz CT molecular complexity index is 408. The summed E-state index contributed by atoms with van der Waals surface area (Å²) in [6.07, 6.45) is 5.03. The lowest BCUT2D eigenvalue weighted by atomic mass is 10.0. The highest BCUT2D eigenvalue weighted by molar-refractivity contribution is 5.81. The maximum absolute atomic E-state index is 11.9. The van der Waals surface area contributed by atoms with Crippen molar-refractivity contribution in [2.75, 3.05) is 13.2 Å². The SMILES string of the molecule is CCOc1ccccc1OCCC(=O)C1CCCC1. The van der Waals surface area contributed by atoms with E-state index in [0.29, 0.717) is 25.4 Å². The fourth-order valence-electron chi connectivity index (χ4n) is 2.56. The van der Waals surface area contributed by atoms with E-state index in [2.05, 4.69) is 0 Å². The molecule has 0 radical (unpaired) electrons. The molecule has 1 aromatic rings. The molecule has 1 aliphatic rings. The molecule has 1 aliphatic carbocycles. The van der Waals surface area contributed by atoms with Crippen LogP contribution in [0.25, 0.3) is 0 Å². The zero-order valence-corrected chi connectivity index (χ0v) is 11.6. The summed E-state index contributed by atoms with van der Waals surface area (Å²) in [5, 5.41) is 0.